The fourth-order valence-corrected chi connectivity index (χ4v) is 4.81. The van der Waals surface area contributed by atoms with E-state index in [0.717, 1.165) is 35.4 Å². The van der Waals surface area contributed by atoms with E-state index in [2.05, 4.69) is 34.5 Å². The van der Waals surface area contributed by atoms with Crippen LogP contribution in [-0.2, 0) is 22.6 Å². The summed E-state index contributed by atoms with van der Waals surface area (Å²) in [5.74, 6) is -0.308. The third kappa shape index (κ3) is 4.09. The fraction of sp³-hybridized carbons (Fsp3) is 0.458. The predicted octanol–water partition coefficient (Wildman–Crippen LogP) is 3.27. The van der Waals surface area contributed by atoms with Crippen molar-refractivity contribution in [3.05, 3.63) is 53.0 Å². The summed E-state index contributed by atoms with van der Waals surface area (Å²) in [7, 11) is 0. The van der Waals surface area contributed by atoms with Crippen molar-refractivity contribution in [2.75, 3.05) is 13.1 Å². The van der Waals surface area contributed by atoms with Gasteiger partial charge in [0.1, 0.15) is 0 Å². The molecule has 0 bridgehead atoms. The van der Waals surface area contributed by atoms with Crippen molar-refractivity contribution < 1.29 is 9.59 Å². The van der Waals surface area contributed by atoms with Crippen LogP contribution in [-0.4, -0.2) is 44.6 Å². The molecule has 7 heteroatoms. The van der Waals surface area contributed by atoms with Crippen molar-refractivity contribution in [1.82, 2.24) is 25.0 Å². The number of aromatic amines is 1. The molecule has 2 amide bonds. The highest BCUT2D eigenvalue weighted by atomic mass is 16.2. The Morgan fingerprint density at radius 2 is 2.10 bits per heavy atom. The molecule has 31 heavy (non-hydrogen) atoms. The van der Waals surface area contributed by atoms with Gasteiger partial charge in [-0.05, 0) is 45.7 Å². The molecule has 2 aromatic heterocycles. The minimum atomic E-state index is -0.306. The number of aryl methyl sites for hydroxylation is 2. The number of nitrogens with zero attached hydrogens (tertiary/aromatic N) is 3. The summed E-state index contributed by atoms with van der Waals surface area (Å²) in [5.41, 5.74) is 5.39. The van der Waals surface area contributed by atoms with Crippen molar-refractivity contribution >= 4 is 22.7 Å². The second-order valence-electron chi connectivity index (χ2n) is 8.48. The Hall–Kier alpha value is -3.09. The second-order valence-corrected chi connectivity index (χ2v) is 8.48. The van der Waals surface area contributed by atoms with Gasteiger partial charge < -0.3 is 15.2 Å². The van der Waals surface area contributed by atoms with Crippen LogP contribution in [0.4, 0.5) is 0 Å². The number of carbonyl (C=O) groups is 2. The van der Waals surface area contributed by atoms with Gasteiger partial charge in [-0.3, -0.25) is 14.3 Å². The van der Waals surface area contributed by atoms with Gasteiger partial charge in [-0.15, -0.1) is 0 Å². The number of carbonyl (C=O) groups excluding carboxylic acids is 2. The summed E-state index contributed by atoms with van der Waals surface area (Å²) >= 11 is 0. The van der Waals surface area contributed by atoms with E-state index in [0.29, 0.717) is 13.1 Å². The van der Waals surface area contributed by atoms with Crippen molar-refractivity contribution in [2.45, 2.75) is 53.1 Å². The number of likely N-dealkylation sites (tertiary alicyclic amines) is 1. The molecule has 2 N–H and O–H groups in total. The minimum Gasteiger partial charge on any atom is -0.361 e. The summed E-state index contributed by atoms with van der Waals surface area (Å²) < 4.78 is 1.96. The maximum atomic E-state index is 12.9. The number of para-hydroxylation sites is 1. The molecule has 0 spiro atoms. The molecule has 7 nitrogen and oxygen atoms in total. The first-order chi connectivity index (χ1) is 14.9. The number of rotatable bonds is 7. The van der Waals surface area contributed by atoms with Crippen molar-refractivity contribution in [3.63, 3.8) is 0 Å². The normalized spacial score (nSPS) is 17.5. The number of fused-ring (bicyclic) bond motifs is 1. The number of hydrogen-bond acceptors (Lipinski definition) is 3. The molecule has 0 saturated carbocycles. The molecular formula is C24H31N5O2. The minimum absolute atomic E-state index is 0.0545. The number of aromatic nitrogens is 3. The van der Waals surface area contributed by atoms with Gasteiger partial charge >= 0.3 is 0 Å². The summed E-state index contributed by atoms with van der Waals surface area (Å²) in [5, 5.41) is 8.86. The van der Waals surface area contributed by atoms with Crippen molar-refractivity contribution in [1.29, 1.82) is 0 Å². The standard InChI is InChI=1S/C24H31N5O2/c1-5-29-17(4)23(16(3)27-29)15(2)26-24(31)19-12-22(30)28(14-19)11-10-18-13-25-21-9-7-6-8-20(18)21/h6-9,13,15,19,25H,5,10-12,14H2,1-4H3,(H,26,31)/t15-,19-/m0/s1. The molecule has 1 fully saturated rings. The maximum Gasteiger partial charge on any atom is 0.225 e. The Morgan fingerprint density at radius 3 is 2.84 bits per heavy atom. The van der Waals surface area contributed by atoms with Crippen LogP contribution in [0.25, 0.3) is 10.9 Å². The van der Waals surface area contributed by atoms with Crippen molar-refractivity contribution in [2.24, 2.45) is 5.92 Å². The lowest BCUT2D eigenvalue weighted by Gasteiger charge is -2.19. The lowest BCUT2D eigenvalue weighted by Crippen LogP contribution is -2.35. The average Bonchev–Trinajstić information content (AvgIpc) is 3.41. The van der Waals surface area contributed by atoms with Gasteiger partial charge in [0.2, 0.25) is 11.8 Å². The van der Waals surface area contributed by atoms with Crippen LogP contribution in [0.15, 0.2) is 30.5 Å². The van der Waals surface area contributed by atoms with E-state index < -0.39 is 0 Å². The molecule has 0 aliphatic carbocycles. The highest BCUT2D eigenvalue weighted by Crippen LogP contribution is 2.25. The molecule has 0 radical (unpaired) electrons. The largest absolute Gasteiger partial charge is 0.361 e. The van der Waals surface area contributed by atoms with Gasteiger partial charge in [0.15, 0.2) is 0 Å². The zero-order valence-electron chi connectivity index (χ0n) is 18.7. The molecule has 1 aliphatic heterocycles. The van der Waals surface area contributed by atoms with E-state index >= 15 is 0 Å². The van der Waals surface area contributed by atoms with Gasteiger partial charge in [-0.25, -0.2) is 0 Å². The smallest absolute Gasteiger partial charge is 0.225 e. The van der Waals surface area contributed by atoms with Crippen molar-refractivity contribution in [3.8, 4) is 0 Å². The number of nitrogens with one attached hydrogen (secondary N) is 2. The monoisotopic (exact) mass is 421 g/mol. The molecule has 2 atom stereocenters. The molecule has 0 unspecified atom stereocenters. The highest BCUT2D eigenvalue weighted by molar-refractivity contribution is 5.89. The van der Waals surface area contributed by atoms with Crippen LogP contribution in [0.3, 0.4) is 0 Å². The van der Waals surface area contributed by atoms with E-state index in [1.807, 2.05) is 48.7 Å². The zero-order valence-corrected chi connectivity index (χ0v) is 18.7. The van der Waals surface area contributed by atoms with Crippen LogP contribution in [0, 0.1) is 19.8 Å². The van der Waals surface area contributed by atoms with Gasteiger partial charge in [0, 0.05) is 54.4 Å². The molecule has 1 aromatic carbocycles. The quantitative estimate of drug-likeness (QED) is 0.614. The van der Waals surface area contributed by atoms with Crippen LogP contribution < -0.4 is 5.32 Å². The van der Waals surface area contributed by atoms with E-state index in [4.69, 9.17) is 0 Å². The van der Waals surface area contributed by atoms with Crippen LogP contribution in [0.1, 0.15) is 48.8 Å². The van der Waals surface area contributed by atoms with Crippen LogP contribution in [0.5, 0.6) is 0 Å². The lowest BCUT2D eigenvalue weighted by atomic mass is 10.0. The Bertz CT molecular complexity index is 1110. The molecule has 4 rings (SSSR count). The zero-order chi connectivity index (χ0) is 22.1. The summed E-state index contributed by atoms with van der Waals surface area (Å²) in [6.45, 7) is 9.96. The SMILES string of the molecule is CCn1nc(C)c([C@H](C)NC(=O)[C@H]2CC(=O)N(CCc3c[nH]c4ccccc34)C2)c1C. The predicted molar refractivity (Wildman–Crippen MR) is 121 cm³/mol. The van der Waals surface area contributed by atoms with E-state index in [-0.39, 0.29) is 30.2 Å². The Labute approximate surface area is 182 Å². The topological polar surface area (TPSA) is 83.0 Å². The van der Waals surface area contributed by atoms with Crippen LogP contribution >= 0.6 is 0 Å². The fourth-order valence-electron chi connectivity index (χ4n) is 4.81. The molecule has 1 saturated heterocycles. The lowest BCUT2D eigenvalue weighted by molar-refractivity contribution is -0.129. The Morgan fingerprint density at radius 1 is 1.32 bits per heavy atom. The van der Waals surface area contributed by atoms with Crippen LogP contribution in [0.2, 0.25) is 0 Å². The molecule has 3 heterocycles. The Kier molecular flexibility index (Phi) is 5.85. The van der Waals surface area contributed by atoms with Gasteiger partial charge in [-0.1, -0.05) is 18.2 Å². The maximum absolute atomic E-state index is 12.9. The summed E-state index contributed by atoms with van der Waals surface area (Å²) in [6, 6.07) is 8.04. The Balaban J connectivity index is 1.36. The number of amides is 2. The van der Waals surface area contributed by atoms with Gasteiger partial charge in [0.25, 0.3) is 0 Å². The number of hydrogen-bond donors (Lipinski definition) is 2. The molecule has 164 valence electrons. The first-order valence-corrected chi connectivity index (χ1v) is 11.1. The number of benzene rings is 1. The third-order valence-electron chi connectivity index (χ3n) is 6.44. The summed E-state index contributed by atoms with van der Waals surface area (Å²) in [4.78, 5) is 30.5. The first-order valence-electron chi connectivity index (χ1n) is 11.1. The molecular weight excluding hydrogens is 390 g/mol. The van der Waals surface area contributed by atoms with E-state index in [1.165, 1.54) is 10.9 Å². The highest BCUT2D eigenvalue weighted by Gasteiger charge is 2.35. The second kappa shape index (κ2) is 8.57. The molecule has 1 aliphatic rings. The van der Waals surface area contributed by atoms with Gasteiger partial charge in [0.05, 0.1) is 17.7 Å². The van der Waals surface area contributed by atoms with E-state index in [1.54, 1.807) is 0 Å². The third-order valence-corrected chi connectivity index (χ3v) is 6.44. The summed E-state index contributed by atoms with van der Waals surface area (Å²) in [6.07, 6.45) is 3.06. The molecule has 3 aromatic rings. The van der Waals surface area contributed by atoms with E-state index in [9.17, 15) is 9.59 Å². The van der Waals surface area contributed by atoms with Gasteiger partial charge in [-0.2, -0.15) is 5.10 Å². The number of H-pyrrole nitrogens is 1. The average molecular weight is 422 g/mol. The first kappa shape index (κ1) is 21.2.